The number of methoxy groups -OCH3 is 1. The van der Waals surface area contributed by atoms with E-state index in [0.717, 1.165) is 13.1 Å². The fourth-order valence-electron chi connectivity index (χ4n) is 4.09. The summed E-state index contributed by atoms with van der Waals surface area (Å²) in [6.45, 7) is 8.57. The summed E-state index contributed by atoms with van der Waals surface area (Å²) in [5.41, 5.74) is 0.00368. The number of ether oxygens (including phenoxy) is 2. The summed E-state index contributed by atoms with van der Waals surface area (Å²) in [6, 6.07) is 10.2. The molecule has 2 aliphatic heterocycles. The zero-order valence-electron chi connectivity index (χ0n) is 16.0. The highest BCUT2D eigenvalue weighted by atomic mass is 16.6. The van der Waals surface area contributed by atoms with Crippen LogP contribution < -0.4 is 0 Å². The van der Waals surface area contributed by atoms with Gasteiger partial charge in [0.2, 0.25) is 0 Å². The largest absolute Gasteiger partial charge is 0.468 e. The molecule has 0 aromatic heterocycles. The zero-order chi connectivity index (χ0) is 18.9. The van der Waals surface area contributed by atoms with Crippen LogP contribution in [0.25, 0.3) is 0 Å². The van der Waals surface area contributed by atoms with E-state index in [9.17, 15) is 9.59 Å². The van der Waals surface area contributed by atoms with Crippen molar-refractivity contribution in [1.29, 1.82) is 0 Å². The predicted octanol–water partition coefficient (Wildman–Crippen LogP) is 2.53. The molecule has 0 radical (unpaired) electrons. The third-order valence-corrected chi connectivity index (χ3v) is 5.17. The molecule has 1 aromatic rings. The summed E-state index contributed by atoms with van der Waals surface area (Å²) in [4.78, 5) is 29.0. The molecular formula is C20H28N2O4. The van der Waals surface area contributed by atoms with Crippen LogP contribution in [0.1, 0.15) is 26.3 Å². The van der Waals surface area contributed by atoms with Gasteiger partial charge in [-0.25, -0.2) is 4.79 Å². The number of likely N-dealkylation sites (tertiary alicyclic amines) is 2. The van der Waals surface area contributed by atoms with Crippen LogP contribution >= 0.6 is 0 Å². The summed E-state index contributed by atoms with van der Waals surface area (Å²) < 4.78 is 10.6. The fourth-order valence-corrected chi connectivity index (χ4v) is 4.09. The molecule has 1 amide bonds. The number of rotatable bonds is 3. The average molecular weight is 360 g/mol. The van der Waals surface area contributed by atoms with Crippen LogP contribution in [0.4, 0.5) is 4.79 Å². The topological polar surface area (TPSA) is 59.1 Å². The van der Waals surface area contributed by atoms with E-state index in [-0.39, 0.29) is 18.0 Å². The first-order chi connectivity index (χ1) is 12.2. The van der Waals surface area contributed by atoms with Gasteiger partial charge in [0.1, 0.15) is 11.0 Å². The van der Waals surface area contributed by atoms with Gasteiger partial charge in [-0.1, -0.05) is 30.3 Å². The van der Waals surface area contributed by atoms with Crippen LogP contribution in [-0.2, 0) is 20.8 Å². The number of esters is 1. The van der Waals surface area contributed by atoms with E-state index < -0.39 is 11.0 Å². The van der Waals surface area contributed by atoms with Crippen molar-refractivity contribution in [3.05, 3.63) is 35.9 Å². The fraction of sp³-hybridized carbons (Fsp3) is 0.600. The first-order valence-electron chi connectivity index (χ1n) is 9.06. The van der Waals surface area contributed by atoms with E-state index in [1.54, 1.807) is 4.90 Å². The molecular weight excluding hydrogens is 332 g/mol. The van der Waals surface area contributed by atoms with Gasteiger partial charge in [-0.05, 0) is 26.3 Å². The van der Waals surface area contributed by atoms with Gasteiger partial charge in [-0.2, -0.15) is 0 Å². The SMILES string of the molecule is COC(=O)[C@@]12CN(Cc3ccccc3)C[C@H]1CN(C(=O)OC(C)(C)C)C2. The average Bonchev–Trinajstić information content (AvgIpc) is 3.08. The third-order valence-electron chi connectivity index (χ3n) is 5.17. The lowest BCUT2D eigenvalue weighted by atomic mass is 9.81. The Kier molecular flexibility index (Phi) is 4.97. The highest BCUT2D eigenvalue weighted by molar-refractivity contribution is 5.81. The Hall–Kier alpha value is -2.08. The van der Waals surface area contributed by atoms with E-state index in [1.807, 2.05) is 39.0 Å². The molecule has 26 heavy (non-hydrogen) atoms. The number of hydrogen-bond acceptors (Lipinski definition) is 5. The minimum Gasteiger partial charge on any atom is -0.468 e. The number of benzene rings is 1. The maximum Gasteiger partial charge on any atom is 0.410 e. The lowest BCUT2D eigenvalue weighted by Crippen LogP contribution is -2.43. The zero-order valence-corrected chi connectivity index (χ0v) is 16.0. The lowest BCUT2D eigenvalue weighted by molar-refractivity contribution is -0.152. The van der Waals surface area contributed by atoms with Gasteiger partial charge in [0.15, 0.2) is 0 Å². The molecule has 2 heterocycles. The Morgan fingerprint density at radius 3 is 2.46 bits per heavy atom. The standard InChI is InChI=1S/C20H28N2O4/c1-19(2,3)26-18(24)22-12-16-11-21(10-15-8-6-5-7-9-15)13-20(16,14-22)17(23)25-4/h5-9,16H,10-14H2,1-4H3/t16-,20+/m0/s1. The number of carbonyl (C=O) groups is 2. The van der Waals surface area contributed by atoms with Crippen LogP contribution in [0.5, 0.6) is 0 Å². The minimum absolute atomic E-state index is 0.0613. The quantitative estimate of drug-likeness (QED) is 0.775. The van der Waals surface area contributed by atoms with Crippen molar-refractivity contribution >= 4 is 12.1 Å². The summed E-state index contributed by atoms with van der Waals surface area (Å²) in [5.74, 6) is -0.171. The molecule has 0 unspecified atom stereocenters. The van der Waals surface area contributed by atoms with Crippen molar-refractivity contribution in [3.8, 4) is 0 Å². The van der Waals surface area contributed by atoms with Crippen LogP contribution in [0.2, 0.25) is 0 Å². The maximum absolute atomic E-state index is 12.6. The maximum atomic E-state index is 12.6. The van der Waals surface area contributed by atoms with Gasteiger partial charge in [-0.15, -0.1) is 0 Å². The third kappa shape index (κ3) is 3.70. The Bertz CT molecular complexity index is 670. The second kappa shape index (κ2) is 6.91. The molecule has 0 bridgehead atoms. The molecule has 3 rings (SSSR count). The molecule has 0 saturated carbocycles. The number of carbonyl (C=O) groups excluding carboxylic acids is 2. The summed E-state index contributed by atoms with van der Waals surface area (Å²) in [7, 11) is 1.42. The lowest BCUT2D eigenvalue weighted by Gasteiger charge is -2.28. The van der Waals surface area contributed by atoms with Crippen LogP contribution in [0, 0.1) is 11.3 Å². The van der Waals surface area contributed by atoms with Crippen LogP contribution in [0.3, 0.4) is 0 Å². The van der Waals surface area contributed by atoms with Crippen LogP contribution in [0.15, 0.2) is 30.3 Å². The van der Waals surface area contributed by atoms with Gasteiger partial charge in [-0.3, -0.25) is 9.69 Å². The summed E-state index contributed by atoms with van der Waals surface area (Å²) in [6.07, 6.45) is -0.357. The molecule has 0 spiro atoms. The van der Waals surface area contributed by atoms with Crippen molar-refractivity contribution in [2.75, 3.05) is 33.3 Å². The second-order valence-electron chi connectivity index (χ2n) is 8.36. The van der Waals surface area contributed by atoms with Gasteiger partial charge < -0.3 is 14.4 Å². The Balaban J connectivity index is 1.73. The van der Waals surface area contributed by atoms with Crippen molar-refractivity contribution in [2.45, 2.75) is 32.9 Å². The molecule has 6 heteroatoms. The molecule has 142 valence electrons. The van der Waals surface area contributed by atoms with E-state index in [4.69, 9.17) is 9.47 Å². The van der Waals surface area contributed by atoms with Crippen molar-refractivity contribution < 1.29 is 19.1 Å². The minimum atomic E-state index is -0.666. The molecule has 1 aromatic carbocycles. The second-order valence-corrected chi connectivity index (χ2v) is 8.36. The van der Waals surface area contributed by atoms with E-state index in [0.29, 0.717) is 19.6 Å². The number of nitrogens with zero attached hydrogens (tertiary/aromatic N) is 2. The number of hydrogen-bond donors (Lipinski definition) is 0. The highest BCUT2D eigenvalue weighted by Crippen LogP contribution is 2.44. The Morgan fingerprint density at radius 1 is 1.15 bits per heavy atom. The van der Waals surface area contributed by atoms with Gasteiger partial charge in [0.25, 0.3) is 0 Å². The summed E-state index contributed by atoms with van der Waals surface area (Å²) in [5, 5.41) is 0. The predicted molar refractivity (Wildman–Crippen MR) is 97.5 cm³/mol. The van der Waals surface area contributed by atoms with Crippen molar-refractivity contribution in [3.63, 3.8) is 0 Å². The van der Waals surface area contributed by atoms with Crippen LogP contribution in [-0.4, -0.2) is 60.8 Å². The Labute approximate surface area is 155 Å². The van der Waals surface area contributed by atoms with E-state index in [2.05, 4.69) is 17.0 Å². The normalized spacial score (nSPS) is 25.8. The monoisotopic (exact) mass is 360 g/mol. The molecule has 2 atom stereocenters. The summed E-state index contributed by atoms with van der Waals surface area (Å²) >= 11 is 0. The number of fused-ring (bicyclic) bond motifs is 1. The van der Waals surface area contributed by atoms with Gasteiger partial charge >= 0.3 is 12.1 Å². The molecule has 2 aliphatic rings. The van der Waals surface area contributed by atoms with Gasteiger partial charge in [0.05, 0.1) is 7.11 Å². The smallest absolute Gasteiger partial charge is 0.410 e. The molecule has 0 N–H and O–H groups in total. The van der Waals surface area contributed by atoms with Crippen molar-refractivity contribution in [1.82, 2.24) is 9.80 Å². The Morgan fingerprint density at radius 2 is 1.85 bits per heavy atom. The first kappa shape index (κ1) is 18.7. The van der Waals surface area contributed by atoms with E-state index in [1.165, 1.54) is 12.7 Å². The molecule has 0 aliphatic carbocycles. The van der Waals surface area contributed by atoms with Crippen molar-refractivity contribution in [2.24, 2.45) is 11.3 Å². The van der Waals surface area contributed by atoms with E-state index >= 15 is 0 Å². The van der Waals surface area contributed by atoms with Gasteiger partial charge in [0, 0.05) is 38.6 Å². The molecule has 2 saturated heterocycles. The number of amides is 1. The highest BCUT2D eigenvalue weighted by Gasteiger charge is 2.59. The first-order valence-corrected chi connectivity index (χ1v) is 9.06. The molecule has 6 nitrogen and oxygen atoms in total. The molecule has 2 fully saturated rings.